The molecular formula is C74H73BF3NO. The van der Waals surface area contributed by atoms with Crippen molar-refractivity contribution in [3.05, 3.63) is 233 Å². The molecule has 1 atom stereocenters. The van der Waals surface area contributed by atoms with Gasteiger partial charge in [0.25, 0.3) is 0 Å². The number of ether oxygens (including phenoxy) is 1. The molecule has 1 unspecified atom stereocenters. The molecule has 2 nitrogen and oxygen atoms in total. The molecule has 9 aromatic carbocycles. The van der Waals surface area contributed by atoms with E-state index in [9.17, 15) is 13.2 Å². The highest BCUT2D eigenvalue weighted by Crippen LogP contribution is 2.47. The summed E-state index contributed by atoms with van der Waals surface area (Å²) in [6, 6.07) is 69.1. The lowest BCUT2D eigenvalue weighted by atomic mass is 9.31. The minimum atomic E-state index is -4.92. The van der Waals surface area contributed by atoms with Gasteiger partial charge >= 0.3 is 6.36 Å². The van der Waals surface area contributed by atoms with Gasteiger partial charge in [0.05, 0.1) is 0 Å². The Morgan fingerprint density at radius 3 is 1.29 bits per heavy atom. The van der Waals surface area contributed by atoms with Gasteiger partial charge in [-0.2, -0.15) is 0 Å². The van der Waals surface area contributed by atoms with Crippen molar-refractivity contribution in [2.75, 3.05) is 4.90 Å². The first-order valence-corrected chi connectivity index (χ1v) is 28.4. The second-order valence-corrected chi connectivity index (χ2v) is 26.4. The number of aryl methyl sites for hydroxylation is 1. The number of halogens is 3. The van der Waals surface area contributed by atoms with Crippen LogP contribution in [0.25, 0.3) is 44.5 Å². The van der Waals surface area contributed by atoms with Crippen LogP contribution in [0.1, 0.15) is 134 Å². The molecule has 2 heterocycles. The Kier molecular flexibility index (Phi) is 13.7. The molecular weight excluding hydrogens is 987 g/mol. The van der Waals surface area contributed by atoms with Gasteiger partial charge in [0.2, 0.25) is 6.71 Å². The van der Waals surface area contributed by atoms with Crippen LogP contribution in [-0.4, -0.2) is 13.1 Å². The van der Waals surface area contributed by atoms with Gasteiger partial charge in [-0.15, -0.1) is 13.2 Å². The maximum Gasteiger partial charge on any atom is 0.573 e. The molecule has 404 valence electrons. The van der Waals surface area contributed by atoms with Gasteiger partial charge in [-0.05, 0) is 153 Å². The van der Waals surface area contributed by atoms with Crippen LogP contribution in [0.4, 0.5) is 30.2 Å². The monoisotopic (exact) mass is 1060 g/mol. The number of nitrogens with zero attached hydrogens (tertiary/aromatic N) is 1. The molecule has 0 fully saturated rings. The topological polar surface area (TPSA) is 12.5 Å². The van der Waals surface area contributed by atoms with Gasteiger partial charge in [0, 0.05) is 29.0 Å². The van der Waals surface area contributed by atoms with Crippen molar-refractivity contribution in [2.45, 2.75) is 130 Å². The lowest BCUT2D eigenvalue weighted by Gasteiger charge is -2.43. The van der Waals surface area contributed by atoms with Gasteiger partial charge in [-0.1, -0.05) is 252 Å². The van der Waals surface area contributed by atoms with E-state index in [1.165, 1.54) is 44.4 Å². The molecule has 9 aromatic rings. The molecule has 0 aromatic heterocycles. The Labute approximate surface area is 473 Å². The smallest absolute Gasteiger partial charge is 0.406 e. The fourth-order valence-electron chi connectivity index (χ4n) is 13.0. The predicted molar refractivity (Wildman–Crippen MR) is 332 cm³/mol. The SMILES string of the molecule is CC(C)(C)c1ccccc1-c1ccc(CCC2c3ccc(-c4ccccc4C(C)(C)C)cc3B3c4cc(-c5ccccc5C(C)(C)C)ccc4N(c4ccc(-c5ccccc5C(C)(C)C)cc4)c4cc(OC(F)(F)F)cc2c43)cc1. The van der Waals surface area contributed by atoms with E-state index < -0.39 is 6.36 Å². The quantitative estimate of drug-likeness (QED) is 0.134. The molecule has 2 aliphatic rings. The number of fused-ring (bicyclic) bond motifs is 4. The highest BCUT2D eigenvalue weighted by molar-refractivity contribution is 6.99. The second-order valence-electron chi connectivity index (χ2n) is 26.4. The van der Waals surface area contributed by atoms with E-state index in [0.29, 0.717) is 18.5 Å². The van der Waals surface area contributed by atoms with Crippen molar-refractivity contribution in [1.82, 2.24) is 0 Å². The van der Waals surface area contributed by atoms with Crippen LogP contribution in [0.3, 0.4) is 0 Å². The van der Waals surface area contributed by atoms with Gasteiger partial charge in [0.1, 0.15) is 5.75 Å². The van der Waals surface area contributed by atoms with Crippen molar-refractivity contribution in [1.29, 1.82) is 0 Å². The summed E-state index contributed by atoms with van der Waals surface area (Å²) in [5.74, 6) is -0.500. The maximum absolute atomic E-state index is 14.8. The summed E-state index contributed by atoms with van der Waals surface area (Å²) in [7, 11) is 0. The van der Waals surface area contributed by atoms with E-state index in [1.807, 2.05) is 0 Å². The molecule has 6 heteroatoms. The fourth-order valence-corrected chi connectivity index (χ4v) is 13.0. The van der Waals surface area contributed by atoms with Crippen molar-refractivity contribution < 1.29 is 17.9 Å². The number of alkyl halides is 3. The summed E-state index contributed by atoms with van der Waals surface area (Å²) in [4.78, 5) is 2.20. The van der Waals surface area contributed by atoms with E-state index in [0.717, 1.165) is 66.8 Å². The minimum Gasteiger partial charge on any atom is -0.406 e. The molecule has 0 amide bonds. The van der Waals surface area contributed by atoms with Crippen molar-refractivity contribution in [3.8, 4) is 50.3 Å². The molecule has 0 saturated carbocycles. The van der Waals surface area contributed by atoms with E-state index in [2.05, 4.69) is 270 Å². The van der Waals surface area contributed by atoms with Gasteiger partial charge in [-0.25, -0.2) is 0 Å². The van der Waals surface area contributed by atoms with Crippen LogP contribution in [0.5, 0.6) is 5.75 Å². The lowest BCUT2D eigenvalue weighted by molar-refractivity contribution is -0.274. The number of benzene rings is 9. The third kappa shape index (κ3) is 10.4. The largest absolute Gasteiger partial charge is 0.573 e. The number of hydrogen-bond donors (Lipinski definition) is 0. The zero-order valence-corrected chi connectivity index (χ0v) is 48.5. The average Bonchev–Trinajstić information content (AvgIpc) is 3.60. The van der Waals surface area contributed by atoms with Crippen LogP contribution in [-0.2, 0) is 28.1 Å². The zero-order valence-electron chi connectivity index (χ0n) is 48.5. The average molecular weight is 1060 g/mol. The number of hydrogen-bond acceptors (Lipinski definition) is 2. The predicted octanol–water partition coefficient (Wildman–Crippen LogP) is 18.8. The Hall–Kier alpha value is -7.57. The number of anilines is 3. The fraction of sp³-hybridized carbons (Fsp3) is 0.270. The van der Waals surface area contributed by atoms with E-state index >= 15 is 0 Å². The van der Waals surface area contributed by atoms with Crippen molar-refractivity contribution in [3.63, 3.8) is 0 Å². The third-order valence-corrected chi connectivity index (χ3v) is 16.6. The lowest BCUT2D eigenvalue weighted by Crippen LogP contribution is -2.62. The molecule has 0 aliphatic carbocycles. The Morgan fingerprint density at radius 2 is 0.825 bits per heavy atom. The molecule has 0 N–H and O–H groups in total. The van der Waals surface area contributed by atoms with E-state index in [4.69, 9.17) is 4.74 Å². The van der Waals surface area contributed by atoms with Crippen LogP contribution in [0, 0.1) is 0 Å². The summed E-state index contributed by atoms with van der Waals surface area (Å²) in [6.45, 7) is 26.7. The van der Waals surface area contributed by atoms with Crippen LogP contribution >= 0.6 is 0 Å². The summed E-state index contributed by atoms with van der Waals surface area (Å²) in [5, 5.41) is 0. The summed E-state index contributed by atoms with van der Waals surface area (Å²) in [5.41, 5.74) is 22.6. The zero-order chi connectivity index (χ0) is 56.7. The summed E-state index contributed by atoms with van der Waals surface area (Å²) >= 11 is 0. The van der Waals surface area contributed by atoms with E-state index in [-0.39, 0.29) is 40.0 Å². The van der Waals surface area contributed by atoms with Crippen LogP contribution in [0.15, 0.2) is 194 Å². The standard InChI is InChI=1S/C74H73BF3NO/c1-70(2,3)61-25-17-13-21-54(61)48-32-29-47(30-33-48)31-40-58-59-41-36-50(56-23-15-19-27-63(56)72(7,8)9)43-65(59)75-66-44-51(57-24-16-20-28-64(57)73(10,11)12)37-42-67(66)79(68-46-53(80-74(76,77)78)45-60(58)69(68)75)52-38-34-49(35-39-52)55-22-14-18-26-62(55)71(4,5)6/h13-30,32-39,41-46,58H,31,40H2,1-12H3. The molecule has 80 heavy (non-hydrogen) atoms. The van der Waals surface area contributed by atoms with Gasteiger partial charge in [0.15, 0.2) is 0 Å². The Balaban J connectivity index is 1.15. The first-order valence-electron chi connectivity index (χ1n) is 28.4. The van der Waals surface area contributed by atoms with Crippen LogP contribution in [0.2, 0.25) is 0 Å². The second kappa shape index (κ2) is 20.2. The Bertz CT molecular complexity index is 3790. The van der Waals surface area contributed by atoms with Crippen molar-refractivity contribution >= 4 is 40.2 Å². The maximum atomic E-state index is 14.8. The molecule has 11 rings (SSSR count). The number of rotatable bonds is 9. The highest BCUT2D eigenvalue weighted by atomic mass is 19.4. The normalized spacial score (nSPS) is 14.4. The third-order valence-electron chi connectivity index (χ3n) is 16.6. The van der Waals surface area contributed by atoms with Crippen LogP contribution < -0.4 is 26.0 Å². The summed E-state index contributed by atoms with van der Waals surface area (Å²) in [6.07, 6.45) is -3.56. The minimum absolute atomic E-state index is 0.0317. The highest BCUT2D eigenvalue weighted by Gasteiger charge is 2.45. The van der Waals surface area contributed by atoms with Gasteiger partial charge < -0.3 is 9.64 Å². The molecule has 0 radical (unpaired) electrons. The van der Waals surface area contributed by atoms with E-state index in [1.54, 1.807) is 12.1 Å². The summed E-state index contributed by atoms with van der Waals surface area (Å²) < 4.78 is 49.6. The first kappa shape index (κ1) is 54.4. The van der Waals surface area contributed by atoms with Crippen molar-refractivity contribution in [2.24, 2.45) is 0 Å². The molecule has 0 saturated heterocycles. The Morgan fingerprint density at radius 1 is 0.412 bits per heavy atom. The molecule has 0 spiro atoms. The molecule has 2 aliphatic heterocycles. The first-order chi connectivity index (χ1) is 37.8. The molecule has 0 bridgehead atoms. The van der Waals surface area contributed by atoms with Gasteiger partial charge in [-0.3, -0.25) is 0 Å².